The van der Waals surface area contributed by atoms with Gasteiger partial charge in [0.05, 0.1) is 12.3 Å². The first-order valence-corrected chi connectivity index (χ1v) is 14.7. The van der Waals surface area contributed by atoms with Crippen LogP contribution in [-0.4, -0.2) is 66.3 Å². The van der Waals surface area contributed by atoms with Crippen LogP contribution in [0, 0.1) is 18.7 Å². The summed E-state index contributed by atoms with van der Waals surface area (Å²) in [6, 6.07) is 4.57. The number of aryl methyl sites for hydroxylation is 2. The van der Waals surface area contributed by atoms with Crippen LogP contribution >= 0.6 is 11.6 Å². The minimum Gasteiger partial charge on any atom is -0.477 e. The summed E-state index contributed by atoms with van der Waals surface area (Å²) in [6.45, 7) is 6.66. The van der Waals surface area contributed by atoms with Gasteiger partial charge >= 0.3 is 0 Å². The first-order chi connectivity index (χ1) is 20.9. The third kappa shape index (κ3) is 7.56. The molecule has 0 amide bonds. The Hall–Kier alpha value is -3.97. The summed E-state index contributed by atoms with van der Waals surface area (Å²) in [5, 5.41) is 8.08. The van der Waals surface area contributed by atoms with Gasteiger partial charge in [0, 0.05) is 75.4 Å². The summed E-state index contributed by atoms with van der Waals surface area (Å²) in [6.07, 6.45) is 5.12. The molecule has 10 nitrogen and oxygen atoms in total. The molecule has 0 bridgehead atoms. The third-order valence-corrected chi connectivity index (χ3v) is 7.58. The lowest BCUT2D eigenvalue weighted by atomic mass is 9.93. The normalized spacial score (nSPS) is 14.8. The highest BCUT2D eigenvalue weighted by atomic mass is 35.5. The van der Waals surface area contributed by atoms with Gasteiger partial charge in [0.1, 0.15) is 28.0 Å². The summed E-state index contributed by atoms with van der Waals surface area (Å²) in [5.74, 6) is -1.93. The van der Waals surface area contributed by atoms with Gasteiger partial charge in [0.15, 0.2) is 5.82 Å². The van der Waals surface area contributed by atoms with Crippen LogP contribution in [0.1, 0.15) is 37.9 Å². The average molecular weight is 630 g/mol. The molecule has 0 aliphatic carbocycles. The van der Waals surface area contributed by atoms with Crippen molar-refractivity contribution >= 4 is 23.1 Å². The molecule has 4 aromatic heterocycles. The Morgan fingerprint density at radius 2 is 1.98 bits per heavy atom. The molecule has 3 N–H and O–H groups in total. The Morgan fingerprint density at radius 1 is 1.20 bits per heavy atom. The van der Waals surface area contributed by atoms with Crippen molar-refractivity contribution in [1.29, 1.82) is 0 Å². The highest BCUT2D eigenvalue weighted by Gasteiger charge is 2.34. The number of nitrogen functional groups attached to an aromatic ring is 1. The van der Waals surface area contributed by atoms with E-state index in [0.29, 0.717) is 78.3 Å². The van der Waals surface area contributed by atoms with Crippen LogP contribution in [0.2, 0.25) is 5.15 Å². The number of alkyl halides is 2. The molecule has 1 atom stereocenters. The van der Waals surface area contributed by atoms with Crippen molar-refractivity contribution in [1.82, 2.24) is 34.6 Å². The lowest BCUT2D eigenvalue weighted by Gasteiger charge is -2.40. The molecule has 44 heavy (non-hydrogen) atoms. The monoisotopic (exact) mass is 629 g/mol. The zero-order chi connectivity index (χ0) is 31.6. The summed E-state index contributed by atoms with van der Waals surface area (Å²) in [5.41, 5.74) is 9.08. The van der Waals surface area contributed by atoms with E-state index in [4.69, 9.17) is 22.1 Å². The number of aromatic nitrogens is 6. The number of nitrogens with two attached hydrogens (primary N) is 1. The van der Waals surface area contributed by atoms with Crippen LogP contribution in [-0.2, 0) is 13.6 Å². The number of anilines is 2. The lowest BCUT2D eigenvalue weighted by molar-refractivity contribution is -0.0380. The van der Waals surface area contributed by atoms with Crippen molar-refractivity contribution < 1.29 is 17.9 Å². The number of ether oxygens (including phenoxy) is 1. The molecule has 1 saturated heterocycles. The van der Waals surface area contributed by atoms with Gasteiger partial charge in [-0.05, 0) is 50.5 Å². The van der Waals surface area contributed by atoms with Crippen LogP contribution in [0.3, 0.4) is 0 Å². The zero-order valence-electron chi connectivity index (χ0n) is 25.0. The minimum absolute atomic E-state index is 0.0548. The second-order valence-corrected chi connectivity index (χ2v) is 11.8. The second kappa shape index (κ2) is 12.9. The Kier molecular flexibility index (Phi) is 9.26. The van der Waals surface area contributed by atoms with Crippen molar-refractivity contribution in [2.45, 2.75) is 52.1 Å². The number of halogens is 4. The van der Waals surface area contributed by atoms with Crippen LogP contribution in [0.25, 0.3) is 22.6 Å². The first-order valence-electron chi connectivity index (χ1n) is 14.3. The Balaban J connectivity index is 1.22. The van der Waals surface area contributed by atoms with E-state index in [1.165, 1.54) is 12.3 Å². The van der Waals surface area contributed by atoms with Gasteiger partial charge in [-0.3, -0.25) is 9.88 Å². The van der Waals surface area contributed by atoms with Crippen molar-refractivity contribution in [3.8, 4) is 28.5 Å². The molecule has 4 aromatic rings. The maximum Gasteiger partial charge on any atom is 0.245 e. The van der Waals surface area contributed by atoms with Gasteiger partial charge in [0.2, 0.25) is 11.8 Å². The number of likely N-dealkylation sites (tertiary alicyclic amines) is 1. The largest absolute Gasteiger partial charge is 0.477 e. The van der Waals surface area contributed by atoms with Gasteiger partial charge in [-0.1, -0.05) is 11.6 Å². The highest BCUT2D eigenvalue weighted by molar-refractivity contribution is 6.29. The van der Waals surface area contributed by atoms with Crippen molar-refractivity contribution in [2.75, 3.05) is 30.7 Å². The minimum atomic E-state index is -2.68. The number of hydrogen-bond acceptors (Lipinski definition) is 9. The predicted molar refractivity (Wildman–Crippen MR) is 163 cm³/mol. The average Bonchev–Trinajstić information content (AvgIpc) is 3.19. The fourth-order valence-corrected chi connectivity index (χ4v) is 5.58. The number of nitrogens with zero attached hydrogens (tertiary/aromatic N) is 7. The molecule has 0 radical (unpaired) electrons. The molecule has 0 saturated carbocycles. The van der Waals surface area contributed by atoms with E-state index in [2.05, 4.69) is 30.4 Å². The number of nitrogens with one attached hydrogen (secondary N) is 1. The van der Waals surface area contributed by atoms with Crippen molar-refractivity contribution in [3.63, 3.8) is 0 Å². The molecule has 1 aliphatic heterocycles. The van der Waals surface area contributed by atoms with E-state index >= 15 is 4.39 Å². The summed E-state index contributed by atoms with van der Waals surface area (Å²) in [4.78, 5) is 19.2. The van der Waals surface area contributed by atoms with E-state index in [1.807, 2.05) is 18.7 Å². The van der Waals surface area contributed by atoms with E-state index in [9.17, 15) is 8.78 Å². The number of rotatable bonds is 12. The molecule has 14 heteroatoms. The van der Waals surface area contributed by atoms with Crippen molar-refractivity contribution in [2.24, 2.45) is 13.0 Å². The summed E-state index contributed by atoms with van der Waals surface area (Å²) in [7, 11) is 1.78. The fourth-order valence-electron chi connectivity index (χ4n) is 5.42. The molecule has 0 unspecified atom stereocenters. The molecular formula is C30H35ClF3N9O. The molecule has 234 valence electrons. The smallest absolute Gasteiger partial charge is 0.245 e. The quantitative estimate of drug-likeness (QED) is 0.188. The van der Waals surface area contributed by atoms with Crippen LogP contribution in [0.5, 0.6) is 5.88 Å². The highest BCUT2D eigenvalue weighted by Crippen LogP contribution is 2.34. The third-order valence-electron chi connectivity index (χ3n) is 7.37. The lowest BCUT2D eigenvalue weighted by Crippen LogP contribution is -2.47. The van der Waals surface area contributed by atoms with E-state index in [1.54, 1.807) is 36.3 Å². The Labute approximate surface area is 258 Å². The topological polar surface area (TPSA) is 120 Å². The molecule has 0 aromatic carbocycles. The van der Waals surface area contributed by atoms with Crippen molar-refractivity contribution in [3.05, 3.63) is 59.0 Å². The van der Waals surface area contributed by atoms with Gasteiger partial charge < -0.3 is 15.8 Å². The van der Waals surface area contributed by atoms with E-state index in [0.717, 1.165) is 6.92 Å². The van der Waals surface area contributed by atoms with Crippen LogP contribution in [0.4, 0.5) is 24.7 Å². The van der Waals surface area contributed by atoms with Crippen LogP contribution in [0.15, 0.2) is 36.8 Å². The SMILES string of the molecule is Cc1nn(C)c(OCC[C@H](C)Nc2cc(Cl)ncc2-c2ncc(CN3CC(CC(C)(F)F)C3)cc2F)c1-c1nccc(N)n1. The zero-order valence-corrected chi connectivity index (χ0v) is 25.7. The first kappa shape index (κ1) is 31.5. The van der Waals surface area contributed by atoms with Gasteiger partial charge in [-0.2, -0.15) is 5.10 Å². The van der Waals surface area contributed by atoms with Gasteiger partial charge in [-0.25, -0.2) is 32.8 Å². The molecule has 1 aliphatic rings. The summed E-state index contributed by atoms with van der Waals surface area (Å²) < 4.78 is 49.6. The maximum absolute atomic E-state index is 15.3. The van der Waals surface area contributed by atoms with E-state index < -0.39 is 11.7 Å². The Bertz CT molecular complexity index is 1620. The molecular weight excluding hydrogens is 595 g/mol. The predicted octanol–water partition coefficient (Wildman–Crippen LogP) is 5.76. The number of pyridine rings is 2. The van der Waals surface area contributed by atoms with Gasteiger partial charge in [0.25, 0.3) is 0 Å². The van der Waals surface area contributed by atoms with Crippen LogP contribution < -0.4 is 15.8 Å². The molecule has 5 rings (SSSR count). The number of hydrogen-bond donors (Lipinski definition) is 2. The fraction of sp³-hybridized carbons (Fsp3) is 0.433. The van der Waals surface area contributed by atoms with E-state index in [-0.39, 0.29) is 29.2 Å². The molecule has 0 spiro atoms. The maximum atomic E-state index is 15.3. The summed E-state index contributed by atoms with van der Waals surface area (Å²) >= 11 is 6.20. The standard InChI is InChI=1S/C30H35ClF3N9O/c1-17(6-8-44-29-26(18(2)41-42(29)4)28-36-7-5-25(35)40-28)39-23-10-24(31)37-13-21(23)27-22(32)9-19(12-38-27)14-43-15-20(16-43)11-30(3,33)34/h5,7,9-10,12-13,17,20H,6,8,11,14-16H2,1-4H3,(H,37,39)(H2,35,36,40)/t17-/m0/s1. The molecule has 5 heterocycles. The Morgan fingerprint density at radius 3 is 2.68 bits per heavy atom. The molecule has 1 fully saturated rings. The second-order valence-electron chi connectivity index (χ2n) is 11.4. The van der Waals surface area contributed by atoms with Gasteiger partial charge in [-0.15, -0.1) is 0 Å².